The van der Waals surface area contributed by atoms with Crippen LogP contribution >= 0.6 is 0 Å². The summed E-state index contributed by atoms with van der Waals surface area (Å²) >= 11 is 0. The first-order chi connectivity index (χ1) is 14.8. The van der Waals surface area contributed by atoms with Gasteiger partial charge in [-0.1, -0.05) is 62.4 Å². The summed E-state index contributed by atoms with van der Waals surface area (Å²) in [6, 6.07) is 15.0. The molecule has 7 heteroatoms. The van der Waals surface area contributed by atoms with Gasteiger partial charge in [0.15, 0.2) is 0 Å². The van der Waals surface area contributed by atoms with Crippen LogP contribution in [0.15, 0.2) is 48.5 Å². The molecule has 0 aromatic heterocycles. The Labute approximate surface area is 181 Å². The molecule has 2 atom stereocenters. The van der Waals surface area contributed by atoms with E-state index >= 15 is 0 Å². The summed E-state index contributed by atoms with van der Waals surface area (Å²) in [6.45, 7) is 5.10. The van der Waals surface area contributed by atoms with Crippen LogP contribution in [0.1, 0.15) is 50.7 Å². The molecule has 3 N–H and O–H groups in total. The van der Waals surface area contributed by atoms with E-state index in [2.05, 4.69) is 22.8 Å². The number of rotatable bonds is 8. The van der Waals surface area contributed by atoms with Gasteiger partial charge in [-0.25, -0.2) is 9.59 Å². The first-order valence-electron chi connectivity index (χ1n) is 10.5. The summed E-state index contributed by atoms with van der Waals surface area (Å²) in [4.78, 5) is 36.4. The van der Waals surface area contributed by atoms with Crippen LogP contribution in [0, 0.1) is 0 Å². The van der Waals surface area contributed by atoms with Crippen LogP contribution in [0.4, 0.5) is 4.79 Å². The number of carbonyl (C=O) groups excluding carboxylic acids is 2. The third kappa shape index (κ3) is 4.55. The molecule has 0 heterocycles. The quantitative estimate of drug-likeness (QED) is 0.600. The van der Waals surface area contributed by atoms with Gasteiger partial charge in [-0.2, -0.15) is 0 Å². The van der Waals surface area contributed by atoms with Gasteiger partial charge in [0.25, 0.3) is 0 Å². The molecule has 2 aromatic carbocycles. The number of hydrogen-bond acceptors (Lipinski definition) is 4. The molecule has 7 nitrogen and oxygen atoms in total. The van der Waals surface area contributed by atoms with E-state index in [9.17, 15) is 19.5 Å². The summed E-state index contributed by atoms with van der Waals surface area (Å²) in [6.07, 6.45) is -0.199. The monoisotopic (exact) mass is 424 g/mol. The Morgan fingerprint density at radius 2 is 1.58 bits per heavy atom. The van der Waals surface area contributed by atoms with Crippen molar-refractivity contribution < 1.29 is 24.2 Å². The fraction of sp³-hybridized carbons (Fsp3) is 0.375. The van der Waals surface area contributed by atoms with Crippen LogP contribution in [0.3, 0.4) is 0 Å². The number of fused-ring (bicyclic) bond motifs is 3. The second-order valence-corrected chi connectivity index (χ2v) is 7.91. The lowest BCUT2D eigenvalue weighted by atomic mass is 9.97. The maximum atomic E-state index is 12.6. The van der Waals surface area contributed by atoms with E-state index in [1.807, 2.05) is 36.4 Å². The fourth-order valence-corrected chi connectivity index (χ4v) is 3.82. The van der Waals surface area contributed by atoms with E-state index in [4.69, 9.17) is 4.74 Å². The molecule has 2 aromatic rings. The van der Waals surface area contributed by atoms with Crippen molar-refractivity contribution in [3.05, 3.63) is 59.7 Å². The van der Waals surface area contributed by atoms with Gasteiger partial charge in [0, 0.05) is 5.92 Å². The first kappa shape index (κ1) is 22.3. The number of carboxylic acid groups (broad SMARTS) is 1. The summed E-state index contributed by atoms with van der Waals surface area (Å²) < 4.78 is 5.52. The molecule has 0 radical (unpaired) electrons. The molecule has 0 bridgehead atoms. The molecule has 0 spiro atoms. The van der Waals surface area contributed by atoms with E-state index in [1.54, 1.807) is 20.8 Å². The van der Waals surface area contributed by atoms with E-state index in [1.165, 1.54) is 0 Å². The van der Waals surface area contributed by atoms with Gasteiger partial charge in [0.05, 0.1) is 0 Å². The van der Waals surface area contributed by atoms with Gasteiger partial charge in [-0.05, 0) is 42.0 Å². The summed E-state index contributed by atoms with van der Waals surface area (Å²) in [5.74, 6) is -1.76. The first-order valence-corrected chi connectivity index (χ1v) is 10.5. The number of nitrogens with one attached hydrogen (secondary N) is 2. The Morgan fingerprint density at radius 3 is 2.06 bits per heavy atom. The highest BCUT2D eigenvalue weighted by Crippen LogP contribution is 2.44. The van der Waals surface area contributed by atoms with Gasteiger partial charge < -0.3 is 20.5 Å². The van der Waals surface area contributed by atoms with Crippen LogP contribution in [-0.4, -0.2) is 41.3 Å². The number of aliphatic carboxylic acids is 1. The molecule has 164 valence electrons. The van der Waals surface area contributed by atoms with Crippen molar-refractivity contribution >= 4 is 18.0 Å². The SMILES string of the molecule is CC[C@@H](NC(=O)C(C)(CC)NC(=O)OCC1c2ccccc2-c2ccccc21)C(=O)O. The molecule has 1 aliphatic carbocycles. The molecule has 31 heavy (non-hydrogen) atoms. The van der Waals surface area contributed by atoms with Crippen molar-refractivity contribution in [2.75, 3.05) is 6.61 Å². The number of hydrogen-bond donors (Lipinski definition) is 3. The third-order valence-electron chi connectivity index (χ3n) is 5.94. The standard InChI is InChI=1S/C24H28N2O5/c1-4-20(21(27)28)25-22(29)24(3,5-2)26-23(30)31-14-19-17-12-8-6-10-15(17)16-11-7-9-13-18(16)19/h6-13,19-20H,4-5,14H2,1-3H3,(H,25,29)(H,26,30)(H,27,28)/t20-,24?/m1/s1. The molecule has 1 unspecified atom stereocenters. The molecular formula is C24H28N2O5. The fourth-order valence-electron chi connectivity index (χ4n) is 3.82. The van der Waals surface area contributed by atoms with Crippen LogP contribution in [0.25, 0.3) is 11.1 Å². The zero-order valence-electron chi connectivity index (χ0n) is 18.0. The van der Waals surface area contributed by atoms with Gasteiger partial charge >= 0.3 is 12.1 Å². The highest BCUT2D eigenvalue weighted by atomic mass is 16.5. The lowest BCUT2D eigenvalue weighted by Gasteiger charge is -2.29. The molecule has 2 amide bonds. The summed E-state index contributed by atoms with van der Waals surface area (Å²) in [5.41, 5.74) is 3.17. The van der Waals surface area contributed by atoms with Crippen LogP contribution in [-0.2, 0) is 14.3 Å². The van der Waals surface area contributed by atoms with Crippen LogP contribution in [0.5, 0.6) is 0 Å². The molecular weight excluding hydrogens is 396 g/mol. The van der Waals surface area contributed by atoms with Crippen molar-refractivity contribution in [2.24, 2.45) is 0 Å². The summed E-state index contributed by atoms with van der Waals surface area (Å²) in [5, 5.41) is 14.3. The normalized spacial score (nSPS) is 15.2. The predicted molar refractivity (Wildman–Crippen MR) is 117 cm³/mol. The van der Waals surface area contributed by atoms with Crippen molar-refractivity contribution in [1.82, 2.24) is 10.6 Å². The zero-order chi connectivity index (χ0) is 22.6. The van der Waals surface area contributed by atoms with E-state index in [0.29, 0.717) is 0 Å². The van der Waals surface area contributed by atoms with E-state index in [0.717, 1.165) is 22.3 Å². The molecule has 0 saturated heterocycles. The molecule has 0 fully saturated rings. The minimum atomic E-state index is -1.29. The largest absolute Gasteiger partial charge is 0.480 e. The average Bonchev–Trinajstić information content (AvgIpc) is 3.09. The van der Waals surface area contributed by atoms with Crippen molar-refractivity contribution in [3.63, 3.8) is 0 Å². The van der Waals surface area contributed by atoms with Crippen LogP contribution in [0.2, 0.25) is 0 Å². The molecule has 3 rings (SSSR count). The maximum Gasteiger partial charge on any atom is 0.408 e. The number of carboxylic acids is 1. The number of carbonyl (C=O) groups is 3. The Kier molecular flexibility index (Phi) is 6.63. The smallest absolute Gasteiger partial charge is 0.408 e. The number of ether oxygens (including phenoxy) is 1. The van der Waals surface area contributed by atoms with Crippen molar-refractivity contribution in [2.45, 2.75) is 51.1 Å². The number of amides is 2. The topological polar surface area (TPSA) is 105 Å². The zero-order valence-corrected chi connectivity index (χ0v) is 18.0. The maximum absolute atomic E-state index is 12.6. The Hall–Kier alpha value is -3.35. The van der Waals surface area contributed by atoms with E-state index in [-0.39, 0.29) is 25.4 Å². The lowest BCUT2D eigenvalue weighted by Crippen LogP contribution is -2.59. The van der Waals surface area contributed by atoms with Gasteiger partial charge in [0.1, 0.15) is 18.2 Å². The minimum absolute atomic E-state index is 0.0867. The molecule has 1 aliphatic rings. The Balaban J connectivity index is 1.68. The average molecular weight is 424 g/mol. The Morgan fingerprint density at radius 1 is 1.03 bits per heavy atom. The van der Waals surface area contributed by atoms with Crippen molar-refractivity contribution in [3.8, 4) is 11.1 Å². The van der Waals surface area contributed by atoms with Gasteiger partial charge in [-0.3, -0.25) is 4.79 Å². The second-order valence-electron chi connectivity index (χ2n) is 7.91. The highest BCUT2D eigenvalue weighted by Gasteiger charge is 2.36. The number of benzene rings is 2. The minimum Gasteiger partial charge on any atom is -0.480 e. The predicted octanol–water partition coefficient (Wildman–Crippen LogP) is 3.67. The van der Waals surface area contributed by atoms with Crippen molar-refractivity contribution in [1.29, 1.82) is 0 Å². The van der Waals surface area contributed by atoms with Gasteiger partial charge in [0.2, 0.25) is 5.91 Å². The van der Waals surface area contributed by atoms with E-state index < -0.39 is 29.6 Å². The molecule has 0 aliphatic heterocycles. The van der Waals surface area contributed by atoms with Gasteiger partial charge in [-0.15, -0.1) is 0 Å². The Bertz CT molecular complexity index is 944. The molecule has 0 saturated carbocycles. The second kappa shape index (κ2) is 9.20. The third-order valence-corrected chi connectivity index (χ3v) is 5.94. The highest BCUT2D eigenvalue weighted by molar-refractivity contribution is 5.92. The lowest BCUT2D eigenvalue weighted by molar-refractivity contribution is -0.142. The number of alkyl carbamates (subject to hydrolysis) is 1. The summed E-state index contributed by atoms with van der Waals surface area (Å²) in [7, 11) is 0. The van der Waals surface area contributed by atoms with Crippen LogP contribution < -0.4 is 10.6 Å².